The van der Waals surface area contributed by atoms with E-state index >= 15 is 0 Å². The molecule has 0 radical (unpaired) electrons. The van der Waals surface area contributed by atoms with Crippen molar-refractivity contribution in [2.45, 2.75) is 32.7 Å². The molecule has 0 fully saturated rings. The van der Waals surface area contributed by atoms with E-state index in [0.29, 0.717) is 11.8 Å². The number of methoxy groups -OCH3 is 1. The number of rotatable bonds is 10. The molecule has 98 valence electrons. The second kappa shape index (κ2) is 9.32. The van der Waals surface area contributed by atoms with Crippen molar-refractivity contribution in [2.75, 3.05) is 26.9 Å². The van der Waals surface area contributed by atoms with Crippen LogP contribution in [0.3, 0.4) is 0 Å². The van der Waals surface area contributed by atoms with Gasteiger partial charge in [-0.05, 0) is 6.42 Å². The molecule has 1 heterocycles. The molecule has 1 N–H and O–H groups in total. The number of nitrogens with one attached hydrogen (secondary N) is 1. The van der Waals surface area contributed by atoms with Crippen LogP contribution in [0.2, 0.25) is 0 Å². The van der Waals surface area contributed by atoms with Gasteiger partial charge < -0.3 is 14.8 Å². The summed E-state index contributed by atoms with van der Waals surface area (Å²) >= 11 is 1.50. The monoisotopic (exact) mass is 259 g/mol. The molecular weight excluding hydrogens is 238 g/mol. The number of hydrogen-bond donors (Lipinski definition) is 1. The van der Waals surface area contributed by atoms with Crippen molar-refractivity contribution in [3.63, 3.8) is 0 Å². The van der Waals surface area contributed by atoms with Gasteiger partial charge in [-0.1, -0.05) is 31.1 Å². The number of unbranched alkanes of at least 4 members (excludes halogenated alkanes) is 2. The Morgan fingerprint density at radius 2 is 2.12 bits per heavy atom. The molecule has 0 bridgehead atoms. The van der Waals surface area contributed by atoms with E-state index < -0.39 is 0 Å². The van der Waals surface area contributed by atoms with Gasteiger partial charge >= 0.3 is 0 Å². The number of nitrogens with zero attached hydrogens (tertiary/aromatic N) is 2. The summed E-state index contributed by atoms with van der Waals surface area (Å²) in [5, 5.41) is 12.9. The van der Waals surface area contributed by atoms with Crippen molar-refractivity contribution >= 4 is 11.3 Å². The van der Waals surface area contributed by atoms with Crippen LogP contribution in [0.5, 0.6) is 5.19 Å². The topological polar surface area (TPSA) is 56.3 Å². The van der Waals surface area contributed by atoms with Crippen LogP contribution in [0.15, 0.2) is 0 Å². The zero-order valence-corrected chi connectivity index (χ0v) is 11.4. The molecule has 6 heteroatoms. The summed E-state index contributed by atoms with van der Waals surface area (Å²) in [7, 11) is 1.69. The Hall–Kier alpha value is -0.720. The molecule has 0 aromatic carbocycles. The van der Waals surface area contributed by atoms with Crippen molar-refractivity contribution in [1.29, 1.82) is 0 Å². The van der Waals surface area contributed by atoms with Gasteiger partial charge in [-0.25, -0.2) is 0 Å². The van der Waals surface area contributed by atoms with Crippen LogP contribution in [-0.4, -0.2) is 37.1 Å². The van der Waals surface area contributed by atoms with Crippen molar-refractivity contribution in [2.24, 2.45) is 0 Å². The van der Waals surface area contributed by atoms with E-state index in [0.717, 1.165) is 31.1 Å². The molecule has 1 aromatic heterocycles. The first-order chi connectivity index (χ1) is 8.36. The Morgan fingerprint density at radius 3 is 2.88 bits per heavy atom. The van der Waals surface area contributed by atoms with Gasteiger partial charge in [0.2, 0.25) is 0 Å². The molecule has 0 saturated carbocycles. The number of hydrogen-bond acceptors (Lipinski definition) is 6. The highest BCUT2D eigenvalue weighted by molar-refractivity contribution is 7.13. The summed E-state index contributed by atoms with van der Waals surface area (Å²) in [4.78, 5) is 0. The summed E-state index contributed by atoms with van der Waals surface area (Å²) in [5.41, 5.74) is 0. The van der Waals surface area contributed by atoms with Gasteiger partial charge in [-0.15, -0.1) is 10.2 Å². The Labute approximate surface area is 107 Å². The van der Waals surface area contributed by atoms with E-state index in [4.69, 9.17) is 9.47 Å². The van der Waals surface area contributed by atoms with E-state index in [1.54, 1.807) is 7.11 Å². The Morgan fingerprint density at radius 1 is 1.24 bits per heavy atom. The van der Waals surface area contributed by atoms with E-state index in [9.17, 15) is 0 Å². The molecule has 0 aliphatic rings. The van der Waals surface area contributed by atoms with Crippen LogP contribution < -0.4 is 10.1 Å². The maximum atomic E-state index is 5.51. The summed E-state index contributed by atoms with van der Waals surface area (Å²) in [6.45, 7) is 5.16. The maximum Gasteiger partial charge on any atom is 0.294 e. The fourth-order valence-corrected chi connectivity index (χ4v) is 1.93. The van der Waals surface area contributed by atoms with Crippen molar-refractivity contribution in [1.82, 2.24) is 15.5 Å². The fraction of sp³-hybridized carbons (Fsp3) is 0.818. The normalized spacial score (nSPS) is 10.7. The molecule has 1 rings (SSSR count). The van der Waals surface area contributed by atoms with Crippen molar-refractivity contribution < 1.29 is 9.47 Å². The average Bonchev–Trinajstić information content (AvgIpc) is 2.78. The van der Waals surface area contributed by atoms with Gasteiger partial charge in [0.15, 0.2) is 0 Å². The fourth-order valence-electron chi connectivity index (χ4n) is 1.25. The van der Waals surface area contributed by atoms with Crippen molar-refractivity contribution in [3.05, 3.63) is 5.01 Å². The second-order valence-corrected chi connectivity index (χ2v) is 4.71. The molecule has 0 atom stereocenters. The molecule has 0 amide bonds. The zero-order chi connectivity index (χ0) is 12.3. The lowest BCUT2D eigenvalue weighted by Gasteiger charge is -2.00. The van der Waals surface area contributed by atoms with Crippen LogP contribution in [0.4, 0.5) is 0 Å². The Kier molecular flexibility index (Phi) is 7.87. The Bertz CT molecular complexity index is 267. The standard InChI is InChI=1S/C11H21N3O2S/c1-3-4-5-7-16-11-14-13-10(17-11)9-12-6-8-15-2/h12H,3-9H2,1-2H3. The molecule has 0 aliphatic carbocycles. The number of aromatic nitrogens is 2. The molecule has 0 unspecified atom stereocenters. The number of ether oxygens (including phenoxy) is 2. The molecule has 0 spiro atoms. The highest BCUT2D eigenvalue weighted by Gasteiger charge is 2.04. The first-order valence-electron chi connectivity index (χ1n) is 6.01. The van der Waals surface area contributed by atoms with Gasteiger partial charge in [-0.3, -0.25) is 0 Å². The summed E-state index contributed by atoms with van der Waals surface area (Å²) in [6, 6.07) is 0. The van der Waals surface area contributed by atoms with Crippen LogP contribution in [0.25, 0.3) is 0 Å². The van der Waals surface area contributed by atoms with Crippen LogP contribution in [-0.2, 0) is 11.3 Å². The van der Waals surface area contributed by atoms with Gasteiger partial charge in [0, 0.05) is 20.2 Å². The van der Waals surface area contributed by atoms with Crippen LogP contribution in [0, 0.1) is 0 Å². The minimum absolute atomic E-state index is 0.671. The quantitative estimate of drug-likeness (QED) is 0.650. The second-order valence-electron chi connectivity index (χ2n) is 3.69. The average molecular weight is 259 g/mol. The van der Waals surface area contributed by atoms with Gasteiger partial charge in [0.05, 0.1) is 13.2 Å². The first-order valence-corrected chi connectivity index (χ1v) is 6.83. The third-order valence-corrected chi connectivity index (χ3v) is 3.02. The molecule has 0 saturated heterocycles. The predicted octanol–water partition coefficient (Wildman–Crippen LogP) is 1.84. The maximum absolute atomic E-state index is 5.51. The van der Waals surface area contributed by atoms with E-state index in [1.165, 1.54) is 24.2 Å². The molecule has 0 aliphatic heterocycles. The Balaban J connectivity index is 2.14. The molecule has 17 heavy (non-hydrogen) atoms. The minimum Gasteiger partial charge on any atom is -0.469 e. The van der Waals surface area contributed by atoms with E-state index in [2.05, 4.69) is 22.4 Å². The van der Waals surface area contributed by atoms with Gasteiger partial charge in [0.25, 0.3) is 5.19 Å². The lowest BCUT2D eigenvalue weighted by atomic mass is 10.3. The molecular formula is C11H21N3O2S. The first kappa shape index (κ1) is 14.3. The largest absolute Gasteiger partial charge is 0.469 e. The summed E-state index contributed by atoms with van der Waals surface area (Å²) in [5.74, 6) is 0. The van der Waals surface area contributed by atoms with Crippen LogP contribution in [0.1, 0.15) is 31.2 Å². The summed E-state index contributed by atoms with van der Waals surface area (Å²) in [6.07, 6.45) is 3.48. The van der Waals surface area contributed by atoms with Gasteiger partial charge in [-0.2, -0.15) is 0 Å². The lowest BCUT2D eigenvalue weighted by Crippen LogP contribution is -2.18. The van der Waals surface area contributed by atoms with Gasteiger partial charge in [0.1, 0.15) is 5.01 Å². The van der Waals surface area contributed by atoms with Crippen LogP contribution >= 0.6 is 11.3 Å². The SMILES string of the molecule is CCCCCOc1nnc(CNCCOC)s1. The third-order valence-electron chi connectivity index (χ3n) is 2.18. The highest BCUT2D eigenvalue weighted by atomic mass is 32.1. The third kappa shape index (κ3) is 6.55. The molecule has 5 nitrogen and oxygen atoms in total. The predicted molar refractivity (Wildman–Crippen MR) is 68.5 cm³/mol. The van der Waals surface area contributed by atoms with E-state index in [-0.39, 0.29) is 0 Å². The zero-order valence-electron chi connectivity index (χ0n) is 10.6. The highest BCUT2D eigenvalue weighted by Crippen LogP contribution is 2.17. The van der Waals surface area contributed by atoms with Crippen molar-refractivity contribution in [3.8, 4) is 5.19 Å². The molecule has 1 aromatic rings. The van der Waals surface area contributed by atoms with E-state index in [1.807, 2.05) is 0 Å². The smallest absolute Gasteiger partial charge is 0.294 e. The lowest BCUT2D eigenvalue weighted by molar-refractivity contribution is 0.199. The minimum atomic E-state index is 0.671. The summed E-state index contributed by atoms with van der Waals surface area (Å²) < 4.78 is 10.4.